The smallest absolute Gasteiger partial charge is 0.273 e. The number of thioether (sulfide) groups is 1. The van der Waals surface area contributed by atoms with Gasteiger partial charge in [-0.2, -0.15) is 4.98 Å². The molecule has 0 saturated carbocycles. The van der Waals surface area contributed by atoms with Gasteiger partial charge in [-0.05, 0) is 30.7 Å². The summed E-state index contributed by atoms with van der Waals surface area (Å²) in [5.74, 6) is 1.05. The van der Waals surface area contributed by atoms with Crippen molar-refractivity contribution < 1.29 is 9.32 Å². The minimum absolute atomic E-state index is 0.0373. The Labute approximate surface area is 158 Å². The monoisotopic (exact) mass is 387 g/mol. The average Bonchev–Trinajstić information content (AvgIpc) is 3.29. The number of carbonyl (C=O) groups excluding carboxylic acids is 1. The highest BCUT2D eigenvalue weighted by atomic mass is 32.2. The second-order valence-electron chi connectivity index (χ2n) is 6.04. The van der Waals surface area contributed by atoms with E-state index in [2.05, 4.69) is 20.1 Å². The fraction of sp³-hybridized carbons (Fsp3) is 0.353. The number of nitrogens with zero attached hydrogens (tertiary/aromatic N) is 5. The van der Waals surface area contributed by atoms with Gasteiger partial charge < -0.3 is 9.42 Å². The van der Waals surface area contributed by atoms with Gasteiger partial charge in [0.15, 0.2) is 0 Å². The molecule has 0 bridgehead atoms. The van der Waals surface area contributed by atoms with E-state index in [0.717, 1.165) is 33.1 Å². The Morgan fingerprint density at radius 2 is 2.19 bits per heavy atom. The number of pyridine rings is 1. The molecule has 0 unspecified atom stereocenters. The molecule has 1 aliphatic heterocycles. The highest BCUT2D eigenvalue weighted by Gasteiger charge is 2.27. The van der Waals surface area contributed by atoms with Crippen LogP contribution >= 0.6 is 23.1 Å². The van der Waals surface area contributed by atoms with Gasteiger partial charge in [0.25, 0.3) is 5.91 Å². The molecule has 0 radical (unpaired) electrons. The van der Waals surface area contributed by atoms with Crippen LogP contribution in [-0.2, 0) is 13.0 Å². The van der Waals surface area contributed by atoms with Crippen LogP contribution in [0.25, 0.3) is 11.4 Å². The third-order valence-electron chi connectivity index (χ3n) is 4.37. The van der Waals surface area contributed by atoms with Crippen molar-refractivity contribution >= 4 is 29.0 Å². The Morgan fingerprint density at radius 1 is 1.35 bits per heavy atom. The molecule has 4 heterocycles. The Bertz CT molecular complexity index is 981. The molecule has 3 aromatic heterocycles. The van der Waals surface area contributed by atoms with Gasteiger partial charge in [-0.3, -0.25) is 9.78 Å². The first kappa shape index (κ1) is 17.2. The van der Waals surface area contributed by atoms with E-state index in [9.17, 15) is 4.79 Å². The lowest BCUT2D eigenvalue weighted by Gasteiger charge is -2.29. The third kappa shape index (κ3) is 3.01. The molecule has 0 aromatic carbocycles. The van der Waals surface area contributed by atoms with Crippen molar-refractivity contribution in [3.8, 4) is 11.4 Å². The number of aromatic nitrogens is 4. The Kier molecular flexibility index (Phi) is 4.49. The molecule has 7 nitrogen and oxygen atoms in total. The van der Waals surface area contributed by atoms with Crippen molar-refractivity contribution in [2.24, 2.45) is 0 Å². The van der Waals surface area contributed by atoms with Crippen molar-refractivity contribution in [3.63, 3.8) is 0 Å². The fourth-order valence-electron chi connectivity index (χ4n) is 3.13. The molecule has 0 fully saturated rings. The van der Waals surface area contributed by atoms with Crippen LogP contribution in [0.5, 0.6) is 0 Å². The molecular weight excluding hydrogens is 370 g/mol. The van der Waals surface area contributed by atoms with Crippen molar-refractivity contribution in [2.75, 3.05) is 12.8 Å². The van der Waals surface area contributed by atoms with E-state index in [0.29, 0.717) is 30.5 Å². The zero-order chi connectivity index (χ0) is 18.3. The van der Waals surface area contributed by atoms with Gasteiger partial charge in [-0.25, -0.2) is 4.98 Å². The molecule has 0 saturated heterocycles. The molecule has 0 N–H and O–H groups in total. The Balaban J connectivity index is 1.64. The van der Waals surface area contributed by atoms with Gasteiger partial charge >= 0.3 is 0 Å². The van der Waals surface area contributed by atoms with E-state index in [4.69, 9.17) is 4.52 Å². The third-order valence-corrected chi connectivity index (χ3v) is 6.24. The maximum Gasteiger partial charge on any atom is 0.273 e. The van der Waals surface area contributed by atoms with Crippen molar-refractivity contribution in [3.05, 3.63) is 40.0 Å². The summed E-state index contributed by atoms with van der Waals surface area (Å²) in [6.07, 6.45) is 4.53. The summed E-state index contributed by atoms with van der Waals surface area (Å²) in [6.45, 7) is 4.85. The fourth-order valence-corrected chi connectivity index (χ4v) is 4.37. The minimum atomic E-state index is -0.0373. The first-order valence-electron chi connectivity index (χ1n) is 8.13. The Morgan fingerprint density at radius 3 is 2.88 bits per heavy atom. The van der Waals surface area contributed by atoms with Crippen LogP contribution in [-0.4, -0.2) is 43.7 Å². The lowest BCUT2D eigenvalue weighted by molar-refractivity contribution is 0.0729. The first-order chi connectivity index (χ1) is 12.6. The van der Waals surface area contributed by atoms with Gasteiger partial charge in [0.2, 0.25) is 11.7 Å². The van der Waals surface area contributed by atoms with Crippen molar-refractivity contribution in [1.82, 2.24) is 25.0 Å². The van der Waals surface area contributed by atoms with E-state index >= 15 is 0 Å². The lowest BCUT2D eigenvalue weighted by atomic mass is 9.94. The molecule has 134 valence electrons. The Hall–Kier alpha value is -2.26. The highest BCUT2D eigenvalue weighted by Crippen LogP contribution is 2.31. The van der Waals surface area contributed by atoms with E-state index < -0.39 is 0 Å². The molecule has 3 aromatic rings. The summed E-state index contributed by atoms with van der Waals surface area (Å²) >= 11 is 3.05. The van der Waals surface area contributed by atoms with E-state index in [1.807, 2.05) is 29.7 Å². The quantitative estimate of drug-likeness (QED) is 0.638. The van der Waals surface area contributed by atoms with E-state index in [1.54, 1.807) is 18.7 Å². The summed E-state index contributed by atoms with van der Waals surface area (Å²) in [5.41, 5.74) is 4.47. The SMILES string of the molecule is CSc1nc(C(=O)N2CCc3c(cnc(C)c3-c3noc(C)n3)C2)cs1. The molecular formula is C17H17N5O2S2. The number of hydrogen-bond donors (Lipinski definition) is 0. The number of aryl methyl sites for hydroxylation is 2. The predicted octanol–water partition coefficient (Wildman–Crippen LogP) is 3.13. The number of fused-ring (bicyclic) bond motifs is 1. The highest BCUT2D eigenvalue weighted by molar-refractivity contribution is 8.00. The molecule has 9 heteroatoms. The van der Waals surface area contributed by atoms with Crippen LogP contribution in [0.4, 0.5) is 0 Å². The lowest BCUT2D eigenvalue weighted by Crippen LogP contribution is -2.36. The number of carbonyl (C=O) groups is 1. The van der Waals surface area contributed by atoms with E-state index in [1.165, 1.54) is 11.3 Å². The van der Waals surface area contributed by atoms with Crippen LogP contribution < -0.4 is 0 Å². The molecule has 0 aliphatic carbocycles. The van der Waals surface area contributed by atoms with Crippen LogP contribution in [0.3, 0.4) is 0 Å². The van der Waals surface area contributed by atoms with Crippen LogP contribution in [0.2, 0.25) is 0 Å². The molecule has 26 heavy (non-hydrogen) atoms. The van der Waals surface area contributed by atoms with E-state index in [-0.39, 0.29) is 5.91 Å². The van der Waals surface area contributed by atoms with Gasteiger partial charge in [0.05, 0.1) is 0 Å². The van der Waals surface area contributed by atoms with Gasteiger partial charge in [0, 0.05) is 42.8 Å². The van der Waals surface area contributed by atoms with Gasteiger partial charge in [-0.1, -0.05) is 16.9 Å². The zero-order valence-corrected chi connectivity index (χ0v) is 16.3. The number of hydrogen-bond acceptors (Lipinski definition) is 8. The zero-order valence-electron chi connectivity index (χ0n) is 14.6. The molecule has 0 spiro atoms. The maximum atomic E-state index is 12.8. The number of amides is 1. The van der Waals surface area contributed by atoms with Crippen molar-refractivity contribution in [2.45, 2.75) is 31.2 Å². The number of rotatable bonds is 3. The second-order valence-corrected chi connectivity index (χ2v) is 7.95. The largest absolute Gasteiger partial charge is 0.339 e. The summed E-state index contributed by atoms with van der Waals surface area (Å²) in [4.78, 5) is 27.8. The minimum Gasteiger partial charge on any atom is -0.339 e. The first-order valence-corrected chi connectivity index (χ1v) is 10.2. The molecule has 4 rings (SSSR count). The maximum absolute atomic E-state index is 12.8. The van der Waals surface area contributed by atoms with Crippen LogP contribution in [0.1, 0.15) is 33.2 Å². The topological polar surface area (TPSA) is 85.0 Å². The van der Waals surface area contributed by atoms with Gasteiger partial charge in [-0.15, -0.1) is 11.3 Å². The van der Waals surface area contributed by atoms with Crippen molar-refractivity contribution in [1.29, 1.82) is 0 Å². The van der Waals surface area contributed by atoms with Crippen LogP contribution in [0.15, 0.2) is 20.4 Å². The summed E-state index contributed by atoms with van der Waals surface area (Å²) in [6, 6.07) is 0. The van der Waals surface area contributed by atoms with Gasteiger partial charge in [0.1, 0.15) is 10.0 Å². The van der Waals surface area contributed by atoms with Crippen LogP contribution in [0, 0.1) is 13.8 Å². The summed E-state index contributed by atoms with van der Waals surface area (Å²) < 4.78 is 6.03. The predicted molar refractivity (Wildman–Crippen MR) is 99.3 cm³/mol. The molecule has 1 aliphatic rings. The standard InChI is InChI=1S/C17H17N5O2S2/c1-9-14(15-19-10(2)24-21-15)12-4-5-22(7-11(12)6-18-9)16(23)13-8-26-17(20-13)25-3/h6,8H,4-5,7H2,1-3H3. The normalized spacial score (nSPS) is 13.7. The summed E-state index contributed by atoms with van der Waals surface area (Å²) in [7, 11) is 0. The number of thiazole rings is 1. The molecule has 1 amide bonds. The molecule has 0 atom stereocenters. The average molecular weight is 387 g/mol. The summed E-state index contributed by atoms with van der Waals surface area (Å²) in [5, 5.41) is 5.88. The second kappa shape index (κ2) is 6.81.